The minimum absolute atomic E-state index is 0. The molecule has 1 aromatic rings. The van der Waals surface area contributed by atoms with E-state index < -0.39 is 0 Å². The van der Waals surface area contributed by atoms with Gasteiger partial charge in [0.2, 0.25) is 0 Å². The number of piperidine rings is 1. The van der Waals surface area contributed by atoms with E-state index in [1.807, 2.05) is 0 Å². The zero-order valence-corrected chi connectivity index (χ0v) is 15.5. The summed E-state index contributed by atoms with van der Waals surface area (Å²) < 4.78 is 18.5. The van der Waals surface area contributed by atoms with Gasteiger partial charge in [-0.15, -0.1) is 24.0 Å². The molecule has 1 aliphatic rings. The van der Waals surface area contributed by atoms with Crippen molar-refractivity contribution in [3.8, 4) is 5.75 Å². The van der Waals surface area contributed by atoms with Crippen molar-refractivity contribution in [3.63, 3.8) is 0 Å². The number of aliphatic imine (C=N–C) groups is 1. The molecule has 1 aliphatic heterocycles. The Labute approximate surface area is 149 Å². The third-order valence-electron chi connectivity index (χ3n) is 3.62. The third-order valence-corrected chi connectivity index (χ3v) is 3.62. The van der Waals surface area contributed by atoms with Crippen LogP contribution in [0.4, 0.5) is 4.39 Å². The highest BCUT2D eigenvalue weighted by atomic mass is 127. The second-order valence-electron chi connectivity index (χ2n) is 5.47. The second kappa shape index (κ2) is 9.86. The standard InChI is InChI=1S/C16H24FN3O.HI/c1-13-5-4-9-20(12-13)16(18-2)19-8-10-21-15-7-3-6-14(17)11-15;/h3,6-7,11,13H,4-5,8-10,12H2,1-2H3,(H,18,19);1H. The third kappa shape index (κ3) is 5.98. The average molecular weight is 421 g/mol. The normalized spacial score (nSPS) is 18.6. The van der Waals surface area contributed by atoms with Crippen LogP contribution in [0.3, 0.4) is 0 Å². The van der Waals surface area contributed by atoms with Crippen LogP contribution >= 0.6 is 24.0 Å². The van der Waals surface area contributed by atoms with Gasteiger partial charge in [-0.2, -0.15) is 0 Å². The molecule has 1 fully saturated rings. The summed E-state index contributed by atoms with van der Waals surface area (Å²) >= 11 is 0. The molecule has 1 unspecified atom stereocenters. The van der Waals surface area contributed by atoms with E-state index in [1.54, 1.807) is 19.2 Å². The Kier molecular flexibility index (Phi) is 8.52. The first kappa shape index (κ1) is 19.0. The summed E-state index contributed by atoms with van der Waals surface area (Å²) in [5.74, 6) is 1.90. The van der Waals surface area contributed by atoms with Crippen LogP contribution in [-0.2, 0) is 0 Å². The molecule has 1 saturated heterocycles. The van der Waals surface area contributed by atoms with Crippen molar-refractivity contribution in [2.75, 3.05) is 33.3 Å². The first-order chi connectivity index (χ1) is 10.2. The predicted molar refractivity (Wildman–Crippen MR) is 98.6 cm³/mol. The number of nitrogens with zero attached hydrogens (tertiary/aromatic N) is 2. The quantitative estimate of drug-likeness (QED) is 0.351. The minimum Gasteiger partial charge on any atom is -0.492 e. The highest BCUT2D eigenvalue weighted by molar-refractivity contribution is 14.0. The lowest BCUT2D eigenvalue weighted by molar-refractivity contribution is 0.262. The Hall–Kier alpha value is -1.05. The van der Waals surface area contributed by atoms with E-state index in [0.29, 0.717) is 24.8 Å². The molecular formula is C16H25FIN3O. The lowest BCUT2D eigenvalue weighted by Crippen LogP contribution is -2.47. The number of hydrogen-bond acceptors (Lipinski definition) is 2. The Morgan fingerprint density at radius 1 is 1.50 bits per heavy atom. The van der Waals surface area contributed by atoms with Crippen molar-refractivity contribution in [1.82, 2.24) is 10.2 Å². The van der Waals surface area contributed by atoms with Crippen LogP contribution in [0.15, 0.2) is 29.3 Å². The molecule has 4 nitrogen and oxygen atoms in total. The van der Waals surface area contributed by atoms with Crippen LogP contribution in [0, 0.1) is 11.7 Å². The molecule has 1 aromatic carbocycles. The fourth-order valence-corrected chi connectivity index (χ4v) is 2.60. The zero-order chi connectivity index (χ0) is 15.1. The van der Waals surface area contributed by atoms with Gasteiger partial charge >= 0.3 is 0 Å². The van der Waals surface area contributed by atoms with Gasteiger partial charge in [0.1, 0.15) is 18.2 Å². The van der Waals surface area contributed by atoms with Gasteiger partial charge in [0.15, 0.2) is 5.96 Å². The minimum atomic E-state index is -0.279. The Balaban J connectivity index is 0.00000242. The van der Waals surface area contributed by atoms with Crippen molar-refractivity contribution in [3.05, 3.63) is 30.1 Å². The summed E-state index contributed by atoms with van der Waals surface area (Å²) in [6, 6.07) is 6.20. The molecule has 0 spiro atoms. The molecule has 0 amide bonds. The SMILES string of the molecule is CN=C(NCCOc1cccc(F)c1)N1CCCC(C)C1.I. The zero-order valence-electron chi connectivity index (χ0n) is 13.2. The summed E-state index contributed by atoms with van der Waals surface area (Å²) in [6.07, 6.45) is 2.50. The molecule has 0 radical (unpaired) electrons. The molecule has 0 saturated carbocycles. The van der Waals surface area contributed by atoms with Crippen molar-refractivity contribution in [2.45, 2.75) is 19.8 Å². The topological polar surface area (TPSA) is 36.9 Å². The van der Waals surface area contributed by atoms with Crippen LogP contribution in [0.2, 0.25) is 0 Å². The highest BCUT2D eigenvalue weighted by Crippen LogP contribution is 2.15. The van der Waals surface area contributed by atoms with Crippen molar-refractivity contribution < 1.29 is 9.13 Å². The Morgan fingerprint density at radius 3 is 3.00 bits per heavy atom. The van der Waals surface area contributed by atoms with Gasteiger partial charge in [-0.25, -0.2) is 4.39 Å². The van der Waals surface area contributed by atoms with Gasteiger partial charge in [-0.3, -0.25) is 4.99 Å². The van der Waals surface area contributed by atoms with Crippen LogP contribution in [-0.4, -0.2) is 44.1 Å². The maximum absolute atomic E-state index is 13.0. The number of halogens is 2. The van der Waals surface area contributed by atoms with E-state index in [0.717, 1.165) is 19.0 Å². The predicted octanol–water partition coefficient (Wildman–Crippen LogP) is 3.13. The maximum Gasteiger partial charge on any atom is 0.193 e. The number of guanidine groups is 1. The van der Waals surface area contributed by atoms with Crippen LogP contribution < -0.4 is 10.1 Å². The summed E-state index contributed by atoms with van der Waals surface area (Å²) in [6.45, 7) is 5.49. The first-order valence-corrected chi connectivity index (χ1v) is 7.53. The Morgan fingerprint density at radius 2 is 2.32 bits per heavy atom. The van der Waals surface area contributed by atoms with E-state index in [1.165, 1.54) is 25.0 Å². The van der Waals surface area contributed by atoms with E-state index >= 15 is 0 Å². The average Bonchev–Trinajstić information content (AvgIpc) is 2.47. The fraction of sp³-hybridized carbons (Fsp3) is 0.562. The van der Waals surface area contributed by atoms with E-state index in [-0.39, 0.29) is 29.8 Å². The van der Waals surface area contributed by atoms with Crippen LogP contribution in [0.25, 0.3) is 0 Å². The number of hydrogen-bond donors (Lipinski definition) is 1. The second-order valence-corrected chi connectivity index (χ2v) is 5.47. The maximum atomic E-state index is 13.0. The van der Waals surface area contributed by atoms with Crippen molar-refractivity contribution in [1.29, 1.82) is 0 Å². The lowest BCUT2D eigenvalue weighted by Gasteiger charge is -2.33. The number of benzene rings is 1. The van der Waals surface area contributed by atoms with Gasteiger partial charge in [0, 0.05) is 26.2 Å². The fourth-order valence-electron chi connectivity index (χ4n) is 2.60. The molecule has 1 atom stereocenters. The molecule has 0 aromatic heterocycles. The summed E-state index contributed by atoms with van der Waals surface area (Å²) in [5.41, 5.74) is 0. The molecule has 1 N–H and O–H groups in total. The van der Waals surface area contributed by atoms with Gasteiger partial charge in [0.25, 0.3) is 0 Å². The van der Waals surface area contributed by atoms with Gasteiger partial charge < -0.3 is 15.0 Å². The van der Waals surface area contributed by atoms with E-state index in [4.69, 9.17) is 4.74 Å². The highest BCUT2D eigenvalue weighted by Gasteiger charge is 2.18. The molecule has 1 heterocycles. The van der Waals surface area contributed by atoms with E-state index in [2.05, 4.69) is 22.1 Å². The number of rotatable bonds is 4. The summed E-state index contributed by atoms with van der Waals surface area (Å²) in [4.78, 5) is 6.61. The lowest BCUT2D eigenvalue weighted by atomic mass is 10.0. The largest absolute Gasteiger partial charge is 0.492 e. The monoisotopic (exact) mass is 421 g/mol. The van der Waals surface area contributed by atoms with E-state index in [9.17, 15) is 4.39 Å². The number of nitrogens with one attached hydrogen (secondary N) is 1. The van der Waals surface area contributed by atoms with Crippen LogP contribution in [0.5, 0.6) is 5.75 Å². The molecule has 2 rings (SSSR count). The summed E-state index contributed by atoms with van der Waals surface area (Å²) in [7, 11) is 1.80. The van der Waals surface area contributed by atoms with Crippen molar-refractivity contribution in [2.24, 2.45) is 10.9 Å². The molecule has 0 aliphatic carbocycles. The van der Waals surface area contributed by atoms with Gasteiger partial charge in [-0.1, -0.05) is 13.0 Å². The number of likely N-dealkylation sites (tertiary alicyclic amines) is 1. The summed E-state index contributed by atoms with van der Waals surface area (Å²) in [5, 5.41) is 3.30. The van der Waals surface area contributed by atoms with Gasteiger partial charge in [-0.05, 0) is 30.9 Å². The number of ether oxygens (including phenoxy) is 1. The van der Waals surface area contributed by atoms with Crippen molar-refractivity contribution >= 4 is 29.9 Å². The smallest absolute Gasteiger partial charge is 0.193 e. The molecule has 22 heavy (non-hydrogen) atoms. The molecule has 0 bridgehead atoms. The molecular weight excluding hydrogens is 396 g/mol. The Bertz CT molecular complexity index is 484. The first-order valence-electron chi connectivity index (χ1n) is 7.53. The van der Waals surface area contributed by atoms with Gasteiger partial charge in [0.05, 0.1) is 6.54 Å². The van der Waals surface area contributed by atoms with Crippen LogP contribution in [0.1, 0.15) is 19.8 Å². The molecule has 6 heteroatoms. The molecule has 124 valence electrons.